The van der Waals surface area contributed by atoms with E-state index in [0.29, 0.717) is 0 Å². The van der Waals surface area contributed by atoms with Crippen LogP contribution in [0.4, 0.5) is 0 Å². The van der Waals surface area contributed by atoms with E-state index in [1.54, 1.807) is 7.11 Å². The van der Waals surface area contributed by atoms with Gasteiger partial charge in [0, 0.05) is 12.8 Å². The molecule has 0 unspecified atom stereocenters. The lowest BCUT2D eigenvalue weighted by atomic mass is 10.2. The maximum Gasteiger partial charge on any atom is 0.119 e. The van der Waals surface area contributed by atoms with Crippen LogP contribution in [0.1, 0.15) is 18.9 Å². The van der Waals surface area contributed by atoms with Crippen LogP contribution in [0.15, 0.2) is 29.3 Å². The molecule has 0 amide bonds. The lowest BCUT2D eigenvalue weighted by Gasteiger charge is -1.99. The summed E-state index contributed by atoms with van der Waals surface area (Å²) in [4.78, 5) is 4.25. The van der Waals surface area contributed by atoms with E-state index in [4.69, 9.17) is 4.74 Å². The van der Waals surface area contributed by atoms with Crippen molar-refractivity contribution in [2.75, 3.05) is 13.7 Å². The van der Waals surface area contributed by atoms with Crippen molar-refractivity contribution in [2.24, 2.45) is 4.99 Å². The minimum absolute atomic E-state index is 0.875. The number of aliphatic imine (C=N–C) groups is 1. The summed E-state index contributed by atoms with van der Waals surface area (Å²) < 4.78 is 5.10. The SMILES string of the molecule is CCCN=Cc1cccc(OC)c1. The Morgan fingerprint density at radius 3 is 3.00 bits per heavy atom. The Morgan fingerprint density at radius 2 is 2.31 bits per heavy atom. The highest BCUT2D eigenvalue weighted by atomic mass is 16.5. The van der Waals surface area contributed by atoms with Crippen LogP contribution in [0.5, 0.6) is 5.75 Å². The van der Waals surface area contributed by atoms with E-state index in [0.717, 1.165) is 24.3 Å². The van der Waals surface area contributed by atoms with Crippen LogP contribution in [0.3, 0.4) is 0 Å². The first-order valence-corrected chi connectivity index (χ1v) is 4.50. The third-order valence-electron chi connectivity index (χ3n) is 1.69. The predicted octanol–water partition coefficient (Wildman–Crippen LogP) is 2.52. The topological polar surface area (TPSA) is 21.6 Å². The lowest BCUT2D eigenvalue weighted by Crippen LogP contribution is -1.86. The molecule has 0 heterocycles. The van der Waals surface area contributed by atoms with Crippen molar-refractivity contribution < 1.29 is 4.74 Å². The van der Waals surface area contributed by atoms with E-state index in [-0.39, 0.29) is 0 Å². The number of ether oxygens (including phenoxy) is 1. The van der Waals surface area contributed by atoms with Gasteiger partial charge in [-0.1, -0.05) is 19.1 Å². The quantitative estimate of drug-likeness (QED) is 0.647. The summed E-state index contributed by atoms with van der Waals surface area (Å²) in [7, 11) is 1.67. The zero-order valence-electron chi connectivity index (χ0n) is 8.16. The van der Waals surface area contributed by atoms with Crippen molar-refractivity contribution in [1.82, 2.24) is 0 Å². The zero-order valence-corrected chi connectivity index (χ0v) is 8.16. The first kappa shape index (κ1) is 9.78. The summed E-state index contributed by atoms with van der Waals surface area (Å²) in [5.74, 6) is 0.875. The molecule has 0 bridgehead atoms. The minimum Gasteiger partial charge on any atom is -0.497 e. The maximum atomic E-state index is 5.10. The van der Waals surface area contributed by atoms with Crippen LogP contribution < -0.4 is 4.74 Å². The molecule has 0 aliphatic rings. The molecule has 0 aromatic heterocycles. The number of methoxy groups -OCH3 is 1. The third-order valence-corrected chi connectivity index (χ3v) is 1.69. The Labute approximate surface area is 79.3 Å². The second kappa shape index (κ2) is 5.36. The van der Waals surface area contributed by atoms with E-state index in [1.807, 2.05) is 30.5 Å². The van der Waals surface area contributed by atoms with Gasteiger partial charge < -0.3 is 4.74 Å². The molecule has 0 saturated carbocycles. The molecular weight excluding hydrogens is 162 g/mol. The third kappa shape index (κ3) is 3.28. The van der Waals surface area contributed by atoms with Gasteiger partial charge in [0.15, 0.2) is 0 Å². The van der Waals surface area contributed by atoms with Crippen molar-refractivity contribution >= 4 is 6.21 Å². The van der Waals surface area contributed by atoms with Gasteiger partial charge in [0.05, 0.1) is 7.11 Å². The van der Waals surface area contributed by atoms with Crippen LogP contribution in [0.2, 0.25) is 0 Å². The summed E-state index contributed by atoms with van der Waals surface area (Å²) in [5.41, 5.74) is 1.09. The van der Waals surface area contributed by atoms with Gasteiger partial charge in [-0.2, -0.15) is 0 Å². The molecule has 0 N–H and O–H groups in total. The molecule has 0 saturated heterocycles. The Kier molecular flexibility index (Phi) is 4.03. The summed E-state index contributed by atoms with van der Waals surface area (Å²) in [6.07, 6.45) is 2.96. The first-order chi connectivity index (χ1) is 6.36. The van der Waals surface area contributed by atoms with E-state index < -0.39 is 0 Å². The van der Waals surface area contributed by atoms with Gasteiger partial charge in [-0.05, 0) is 24.1 Å². The second-order valence-electron chi connectivity index (χ2n) is 2.81. The Hall–Kier alpha value is -1.31. The maximum absolute atomic E-state index is 5.10. The molecule has 0 radical (unpaired) electrons. The highest BCUT2D eigenvalue weighted by Crippen LogP contribution is 2.10. The van der Waals surface area contributed by atoms with Gasteiger partial charge in [0.2, 0.25) is 0 Å². The highest BCUT2D eigenvalue weighted by molar-refractivity contribution is 5.80. The Bertz CT molecular complexity index is 281. The predicted molar refractivity (Wildman–Crippen MR) is 55.7 cm³/mol. The van der Waals surface area contributed by atoms with Crippen LogP contribution >= 0.6 is 0 Å². The molecule has 0 aliphatic carbocycles. The summed E-state index contributed by atoms with van der Waals surface area (Å²) in [6, 6.07) is 7.88. The average Bonchev–Trinajstić information content (AvgIpc) is 2.19. The normalized spacial score (nSPS) is 10.6. The Balaban J connectivity index is 2.66. The minimum atomic E-state index is 0.875. The number of hydrogen-bond donors (Lipinski definition) is 0. The smallest absolute Gasteiger partial charge is 0.119 e. The van der Waals surface area contributed by atoms with Crippen LogP contribution in [0, 0.1) is 0 Å². The van der Waals surface area contributed by atoms with E-state index in [9.17, 15) is 0 Å². The van der Waals surface area contributed by atoms with Gasteiger partial charge in [0.1, 0.15) is 5.75 Å². The molecular formula is C11H15NO. The van der Waals surface area contributed by atoms with Gasteiger partial charge in [-0.15, -0.1) is 0 Å². The summed E-state index contributed by atoms with van der Waals surface area (Å²) in [6.45, 7) is 3.00. The molecule has 13 heavy (non-hydrogen) atoms. The molecule has 0 aliphatic heterocycles. The molecule has 1 aromatic rings. The lowest BCUT2D eigenvalue weighted by molar-refractivity contribution is 0.415. The molecule has 70 valence electrons. The number of benzene rings is 1. The number of nitrogens with zero attached hydrogens (tertiary/aromatic N) is 1. The van der Waals surface area contributed by atoms with Crippen molar-refractivity contribution in [3.63, 3.8) is 0 Å². The second-order valence-corrected chi connectivity index (χ2v) is 2.81. The fourth-order valence-electron chi connectivity index (χ4n) is 1.02. The standard InChI is InChI=1S/C11H15NO/c1-3-7-12-9-10-5-4-6-11(8-10)13-2/h4-6,8-9H,3,7H2,1-2H3. The molecule has 0 atom stereocenters. The van der Waals surface area contributed by atoms with Crippen LogP contribution in [-0.2, 0) is 0 Å². The largest absolute Gasteiger partial charge is 0.497 e. The van der Waals surface area contributed by atoms with Crippen molar-refractivity contribution in [3.05, 3.63) is 29.8 Å². The van der Waals surface area contributed by atoms with Crippen molar-refractivity contribution in [2.45, 2.75) is 13.3 Å². The summed E-state index contributed by atoms with van der Waals surface area (Å²) >= 11 is 0. The van der Waals surface area contributed by atoms with Gasteiger partial charge in [-0.25, -0.2) is 0 Å². The zero-order chi connectivity index (χ0) is 9.52. The Morgan fingerprint density at radius 1 is 1.46 bits per heavy atom. The fourth-order valence-corrected chi connectivity index (χ4v) is 1.02. The molecule has 2 heteroatoms. The fraction of sp³-hybridized carbons (Fsp3) is 0.364. The van der Waals surface area contributed by atoms with Gasteiger partial charge in [-0.3, -0.25) is 4.99 Å². The van der Waals surface area contributed by atoms with Crippen LogP contribution in [0.25, 0.3) is 0 Å². The molecule has 1 rings (SSSR count). The summed E-state index contributed by atoms with van der Waals surface area (Å²) in [5, 5.41) is 0. The van der Waals surface area contributed by atoms with E-state index in [1.165, 1.54) is 0 Å². The monoisotopic (exact) mass is 177 g/mol. The van der Waals surface area contributed by atoms with E-state index in [2.05, 4.69) is 11.9 Å². The average molecular weight is 177 g/mol. The number of rotatable bonds is 4. The van der Waals surface area contributed by atoms with Crippen molar-refractivity contribution in [3.8, 4) is 5.75 Å². The number of hydrogen-bond acceptors (Lipinski definition) is 2. The highest BCUT2D eigenvalue weighted by Gasteiger charge is 1.90. The van der Waals surface area contributed by atoms with Crippen LogP contribution in [-0.4, -0.2) is 19.9 Å². The molecule has 0 spiro atoms. The molecule has 0 fully saturated rings. The molecule has 1 aromatic carbocycles. The first-order valence-electron chi connectivity index (χ1n) is 4.50. The van der Waals surface area contributed by atoms with Crippen molar-refractivity contribution in [1.29, 1.82) is 0 Å². The molecule has 2 nitrogen and oxygen atoms in total. The van der Waals surface area contributed by atoms with E-state index >= 15 is 0 Å². The van der Waals surface area contributed by atoms with Gasteiger partial charge in [0.25, 0.3) is 0 Å². The van der Waals surface area contributed by atoms with Gasteiger partial charge >= 0.3 is 0 Å².